The highest BCUT2D eigenvalue weighted by Crippen LogP contribution is 2.27. The molecule has 0 unspecified atom stereocenters. The number of nitrogens with one attached hydrogen (secondary N) is 1. The average Bonchev–Trinajstić information content (AvgIpc) is 2.53. The molecule has 2 rings (SSSR count). The number of hydrogen-bond acceptors (Lipinski definition) is 4. The Morgan fingerprint density at radius 3 is 2.43 bits per heavy atom. The Morgan fingerprint density at radius 1 is 1.13 bits per heavy atom. The van der Waals surface area contributed by atoms with Crippen LogP contribution in [-0.2, 0) is 16.4 Å². The third-order valence-corrected chi connectivity index (χ3v) is 4.92. The van der Waals surface area contributed by atoms with E-state index in [9.17, 15) is 8.42 Å². The molecule has 0 aromatic heterocycles. The molecule has 0 saturated heterocycles. The minimum absolute atomic E-state index is 0.0595. The molecule has 6 heteroatoms. The van der Waals surface area contributed by atoms with E-state index < -0.39 is 10.0 Å². The molecule has 0 spiro atoms. The van der Waals surface area contributed by atoms with Crippen LogP contribution in [0.3, 0.4) is 0 Å². The van der Waals surface area contributed by atoms with E-state index in [1.807, 2.05) is 12.1 Å². The third-order valence-electron chi connectivity index (χ3n) is 3.50. The Balaban J connectivity index is 2.21. The molecule has 2 aromatic rings. The molecule has 0 aliphatic heterocycles. The topological polar surface area (TPSA) is 81.4 Å². The summed E-state index contributed by atoms with van der Waals surface area (Å²) in [5, 5.41) is 0. The minimum atomic E-state index is -3.73. The summed E-state index contributed by atoms with van der Waals surface area (Å²) < 4.78 is 32.7. The zero-order valence-corrected chi connectivity index (χ0v) is 14.2. The average molecular weight is 334 g/mol. The maximum atomic E-state index is 12.5. The van der Waals surface area contributed by atoms with Gasteiger partial charge in [0.1, 0.15) is 10.6 Å². The van der Waals surface area contributed by atoms with Crippen molar-refractivity contribution in [3.63, 3.8) is 0 Å². The SMILES string of the molecule is CCCCc1ccc(NS(=O)(=O)c2ccc(N)cc2OC)cc1. The van der Waals surface area contributed by atoms with Gasteiger partial charge in [-0.3, -0.25) is 4.72 Å². The second-order valence-corrected chi connectivity index (χ2v) is 6.97. The number of nitrogens with two attached hydrogens (primary N) is 1. The molecule has 0 fully saturated rings. The van der Waals surface area contributed by atoms with Crippen LogP contribution in [0.2, 0.25) is 0 Å². The number of benzene rings is 2. The minimum Gasteiger partial charge on any atom is -0.495 e. The second kappa shape index (κ2) is 7.37. The van der Waals surface area contributed by atoms with Crippen molar-refractivity contribution in [2.24, 2.45) is 0 Å². The molecule has 0 aliphatic rings. The van der Waals surface area contributed by atoms with Crippen LogP contribution in [0.5, 0.6) is 5.75 Å². The fourth-order valence-corrected chi connectivity index (χ4v) is 3.45. The Hall–Kier alpha value is -2.21. The summed E-state index contributed by atoms with van der Waals surface area (Å²) in [6.07, 6.45) is 3.24. The van der Waals surface area contributed by atoms with Crippen molar-refractivity contribution in [2.45, 2.75) is 31.1 Å². The van der Waals surface area contributed by atoms with Crippen molar-refractivity contribution in [3.8, 4) is 5.75 Å². The van der Waals surface area contributed by atoms with Crippen LogP contribution in [0.4, 0.5) is 11.4 Å². The first-order valence-corrected chi connectivity index (χ1v) is 9.00. The number of methoxy groups -OCH3 is 1. The monoisotopic (exact) mass is 334 g/mol. The zero-order chi connectivity index (χ0) is 16.9. The van der Waals surface area contributed by atoms with Crippen LogP contribution in [0.15, 0.2) is 47.4 Å². The highest BCUT2D eigenvalue weighted by molar-refractivity contribution is 7.92. The van der Waals surface area contributed by atoms with E-state index >= 15 is 0 Å². The molecule has 124 valence electrons. The van der Waals surface area contributed by atoms with Crippen LogP contribution in [0, 0.1) is 0 Å². The van der Waals surface area contributed by atoms with E-state index in [0.29, 0.717) is 11.4 Å². The Kier molecular flexibility index (Phi) is 5.50. The van der Waals surface area contributed by atoms with Gasteiger partial charge in [0, 0.05) is 17.4 Å². The molecule has 3 N–H and O–H groups in total. The van der Waals surface area contributed by atoms with Crippen molar-refractivity contribution in [2.75, 3.05) is 17.6 Å². The summed E-state index contributed by atoms with van der Waals surface area (Å²) in [7, 11) is -2.32. The quantitative estimate of drug-likeness (QED) is 0.760. The summed E-state index contributed by atoms with van der Waals surface area (Å²) in [5.74, 6) is 0.220. The maximum absolute atomic E-state index is 12.5. The van der Waals surface area contributed by atoms with Gasteiger partial charge in [-0.2, -0.15) is 0 Å². The van der Waals surface area contributed by atoms with Gasteiger partial charge in [0.05, 0.1) is 7.11 Å². The lowest BCUT2D eigenvalue weighted by molar-refractivity contribution is 0.403. The Morgan fingerprint density at radius 2 is 1.83 bits per heavy atom. The largest absolute Gasteiger partial charge is 0.495 e. The van der Waals surface area contributed by atoms with E-state index in [-0.39, 0.29) is 10.6 Å². The van der Waals surface area contributed by atoms with Crippen molar-refractivity contribution in [3.05, 3.63) is 48.0 Å². The molecule has 0 aliphatic carbocycles. The fraction of sp³-hybridized carbons (Fsp3) is 0.294. The molecule has 0 heterocycles. The summed E-state index contributed by atoms with van der Waals surface area (Å²) >= 11 is 0. The van der Waals surface area contributed by atoms with Crippen molar-refractivity contribution in [1.82, 2.24) is 0 Å². The van der Waals surface area contributed by atoms with Gasteiger partial charge in [-0.1, -0.05) is 25.5 Å². The predicted octanol–water partition coefficient (Wildman–Crippen LogP) is 3.42. The number of unbranched alkanes of at least 4 members (excludes halogenated alkanes) is 1. The third kappa shape index (κ3) is 4.39. The van der Waals surface area contributed by atoms with Crippen LogP contribution < -0.4 is 15.2 Å². The van der Waals surface area contributed by atoms with E-state index in [2.05, 4.69) is 11.6 Å². The van der Waals surface area contributed by atoms with Gasteiger partial charge in [-0.05, 0) is 42.7 Å². The van der Waals surface area contributed by atoms with E-state index in [4.69, 9.17) is 10.5 Å². The second-order valence-electron chi connectivity index (χ2n) is 5.32. The maximum Gasteiger partial charge on any atom is 0.265 e. The molecule has 0 radical (unpaired) electrons. The zero-order valence-electron chi connectivity index (χ0n) is 13.4. The number of hydrogen-bond donors (Lipinski definition) is 2. The molecular weight excluding hydrogens is 312 g/mol. The molecule has 0 saturated carbocycles. The lowest BCUT2D eigenvalue weighted by atomic mass is 10.1. The molecule has 5 nitrogen and oxygen atoms in total. The molecule has 0 atom stereocenters. The van der Waals surface area contributed by atoms with Crippen LogP contribution in [-0.4, -0.2) is 15.5 Å². The Bertz CT molecular complexity index is 756. The van der Waals surface area contributed by atoms with Gasteiger partial charge in [0.2, 0.25) is 0 Å². The van der Waals surface area contributed by atoms with Crippen LogP contribution in [0.25, 0.3) is 0 Å². The number of anilines is 2. The molecule has 23 heavy (non-hydrogen) atoms. The highest BCUT2D eigenvalue weighted by atomic mass is 32.2. The van der Waals surface area contributed by atoms with Crippen molar-refractivity contribution in [1.29, 1.82) is 0 Å². The standard InChI is InChI=1S/C17H22N2O3S/c1-3-4-5-13-6-9-15(10-7-13)19-23(20,21)17-11-8-14(18)12-16(17)22-2/h6-12,19H,3-5,18H2,1-2H3. The van der Waals surface area contributed by atoms with E-state index in [1.165, 1.54) is 30.9 Å². The smallest absolute Gasteiger partial charge is 0.265 e. The summed E-state index contributed by atoms with van der Waals surface area (Å²) in [5.41, 5.74) is 7.82. The number of nitrogen functional groups attached to an aromatic ring is 1. The normalized spacial score (nSPS) is 11.2. The van der Waals surface area contributed by atoms with Crippen molar-refractivity contribution < 1.29 is 13.2 Å². The van der Waals surface area contributed by atoms with Gasteiger partial charge in [-0.25, -0.2) is 8.42 Å². The fourth-order valence-electron chi connectivity index (χ4n) is 2.24. The number of ether oxygens (including phenoxy) is 1. The molecular formula is C17H22N2O3S. The van der Waals surface area contributed by atoms with Crippen molar-refractivity contribution >= 4 is 21.4 Å². The van der Waals surface area contributed by atoms with Gasteiger partial charge >= 0.3 is 0 Å². The van der Waals surface area contributed by atoms with E-state index in [1.54, 1.807) is 12.1 Å². The lowest BCUT2D eigenvalue weighted by Gasteiger charge is -2.12. The van der Waals surface area contributed by atoms with Gasteiger partial charge < -0.3 is 10.5 Å². The first-order valence-electron chi connectivity index (χ1n) is 7.51. The first kappa shape index (κ1) is 17.1. The predicted molar refractivity (Wildman–Crippen MR) is 93.3 cm³/mol. The number of aryl methyl sites for hydroxylation is 1. The van der Waals surface area contributed by atoms with Gasteiger partial charge in [0.25, 0.3) is 10.0 Å². The summed E-state index contributed by atoms with van der Waals surface area (Å²) in [6.45, 7) is 2.14. The van der Waals surface area contributed by atoms with Crippen LogP contribution >= 0.6 is 0 Å². The first-order chi connectivity index (χ1) is 11.0. The van der Waals surface area contributed by atoms with E-state index in [0.717, 1.165) is 19.3 Å². The molecule has 0 bridgehead atoms. The summed E-state index contributed by atoms with van der Waals surface area (Å²) in [6, 6.07) is 11.9. The van der Waals surface area contributed by atoms with Gasteiger partial charge in [-0.15, -0.1) is 0 Å². The van der Waals surface area contributed by atoms with Gasteiger partial charge in [0.15, 0.2) is 0 Å². The van der Waals surface area contributed by atoms with Crippen LogP contribution in [0.1, 0.15) is 25.3 Å². The highest BCUT2D eigenvalue weighted by Gasteiger charge is 2.19. The Labute approximate surface area is 137 Å². The number of sulfonamides is 1. The number of rotatable bonds is 7. The lowest BCUT2D eigenvalue weighted by Crippen LogP contribution is -2.14. The molecule has 0 amide bonds. The summed E-state index contributed by atoms with van der Waals surface area (Å²) in [4.78, 5) is 0.0595. The molecule has 2 aromatic carbocycles.